The summed E-state index contributed by atoms with van der Waals surface area (Å²) in [6, 6.07) is 9.53. The van der Waals surface area contributed by atoms with Crippen molar-refractivity contribution in [1.29, 1.82) is 0 Å². The molecule has 0 heterocycles. The van der Waals surface area contributed by atoms with Crippen molar-refractivity contribution in [2.45, 2.75) is 25.9 Å². The molecule has 0 atom stereocenters. The Bertz CT molecular complexity index is 883. The van der Waals surface area contributed by atoms with Crippen molar-refractivity contribution in [3.63, 3.8) is 0 Å². The molecule has 0 spiro atoms. The normalized spacial score (nSPS) is 10.9. The summed E-state index contributed by atoms with van der Waals surface area (Å²) in [5.74, 6) is 0.802. The number of halogens is 1. The number of hydrogen-bond donors (Lipinski definition) is 1. The fourth-order valence-corrected chi connectivity index (χ4v) is 2.77. The van der Waals surface area contributed by atoms with E-state index in [1.807, 2.05) is 0 Å². The van der Waals surface area contributed by atoms with E-state index in [0.29, 0.717) is 22.1 Å². The van der Waals surface area contributed by atoms with E-state index in [2.05, 4.69) is 5.32 Å². The third-order valence-corrected chi connectivity index (χ3v) is 4.45. The molecule has 2 aromatic carbocycles. The summed E-state index contributed by atoms with van der Waals surface area (Å²) < 4.78 is 16.0. The first-order valence-corrected chi connectivity index (χ1v) is 9.18. The smallest absolute Gasteiger partial charge is 0.276 e. The van der Waals surface area contributed by atoms with Crippen molar-refractivity contribution < 1.29 is 23.9 Å². The molecule has 1 N–H and O–H groups in total. The molecular weight excluding hydrogens is 400 g/mol. The highest BCUT2D eigenvalue weighted by molar-refractivity contribution is 6.30. The number of rotatable bonds is 9. The minimum absolute atomic E-state index is 0.103. The monoisotopic (exact) mass is 422 g/mol. The standard InChI is InChI=1S/C20H23ClN2O6/c1-20(2,29-15-7-5-14(21)6-8-15)19(24)22-10-9-13-11-17(27-3)18(28-4)12-16(13)23(25)26/h5-8,11-12H,9-10H2,1-4H3,(H,22,24). The van der Waals surface area contributed by atoms with Crippen molar-refractivity contribution in [1.82, 2.24) is 5.32 Å². The second kappa shape index (κ2) is 9.47. The molecule has 1 amide bonds. The van der Waals surface area contributed by atoms with Crippen LogP contribution in [-0.4, -0.2) is 37.2 Å². The van der Waals surface area contributed by atoms with Gasteiger partial charge in [0.15, 0.2) is 17.1 Å². The number of methoxy groups -OCH3 is 2. The molecule has 0 aliphatic heterocycles. The van der Waals surface area contributed by atoms with Gasteiger partial charge in [0.25, 0.3) is 11.6 Å². The number of benzene rings is 2. The molecule has 0 radical (unpaired) electrons. The maximum Gasteiger partial charge on any atom is 0.276 e. The van der Waals surface area contributed by atoms with Crippen molar-refractivity contribution in [3.05, 3.63) is 57.1 Å². The van der Waals surface area contributed by atoms with Gasteiger partial charge in [-0.1, -0.05) is 11.6 Å². The Balaban J connectivity index is 2.05. The fourth-order valence-electron chi connectivity index (χ4n) is 2.65. The van der Waals surface area contributed by atoms with Crippen molar-refractivity contribution in [3.8, 4) is 17.2 Å². The highest BCUT2D eigenvalue weighted by Gasteiger charge is 2.30. The van der Waals surface area contributed by atoms with Crippen molar-refractivity contribution in [2.75, 3.05) is 20.8 Å². The zero-order chi connectivity index (χ0) is 21.6. The highest BCUT2D eigenvalue weighted by Crippen LogP contribution is 2.34. The lowest BCUT2D eigenvalue weighted by molar-refractivity contribution is -0.385. The molecule has 0 saturated heterocycles. The maximum atomic E-state index is 12.5. The Kier molecular flexibility index (Phi) is 7.28. The van der Waals surface area contributed by atoms with E-state index in [0.717, 1.165) is 0 Å². The lowest BCUT2D eigenvalue weighted by Gasteiger charge is -2.25. The number of amides is 1. The van der Waals surface area contributed by atoms with Gasteiger partial charge in [-0.3, -0.25) is 14.9 Å². The number of nitrogens with one attached hydrogen (secondary N) is 1. The Labute approximate surface area is 173 Å². The molecule has 0 unspecified atom stereocenters. The van der Waals surface area contributed by atoms with E-state index in [-0.39, 0.29) is 30.3 Å². The minimum Gasteiger partial charge on any atom is -0.493 e. The maximum absolute atomic E-state index is 12.5. The molecule has 9 heteroatoms. The average molecular weight is 423 g/mol. The van der Waals surface area contributed by atoms with Gasteiger partial charge in [-0.25, -0.2) is 0 Å². The van der Waals surface area contributed by atoms with E-state index < -0.39 is 10.5 Å². The quantitative estimate of drug-likeness (QED) is 0.487. The topological polar surface area (TPSA) is 99.9 Å². The summed E-state index contributed by atoms with van der Waals surface area (Å²) in [6.07, 6.45) is 0.236. The first kappa shape index (κ1) is 22.3. The number of nitro groups is 1. The summed E-state index contributed by atoms with van der Waals surface area (Å²) in [6.45, 7) is 3.45. The highest BCUT2D eigenvalue weighted by atomic mass is 35.5. The van der Waals surface area contributed by atoms with Crippen LogP contribution in [0.1, 0.15) is 19.4 Å². The third-order valence-electron chi connectivity index (χ3n) is 4.19. The molecule has 29 heavy (non-hydrogen) atoms. The summed E-state index contributed by atoms with van der Waals surface area (Å²) in [5.41, 5.74) is -0.824. The predicted octanol–water partition coefficient (Wildman–Crippen LogP) is 3.78. The number of nitrogens with zero attached hydrogens (tertiary/aromatic N) is 1. The van der Waals surface area contributed by atoms with Gasteiger partial charge in [0.05, 0.1) is 25.2 Å². The largest absolute Gasteiger partial charge is 0.493 e. The van der Waals surface area contributed by atoms with Crippen molar-refractivity contribution in [2.24, 2.45) is 0 Å². The van der Waals surface area contributed by atoms with Gasteiger partial charge in [-0.2, -0.15) is 0 Å². The Morgan fingerprint density at radius 3 is 2.28 bits per heavy atom. The first-order chi connectivity index (χ1) is 13.7. The van der Waals surface area contributed by atoms with E-state index >= 15 is 0 Å². The first-order valence-electron chi connectivity index (χ1n) is 8.80. The van der Waals surface area contributed by atoms with Crippen LogP contribution in [0.2, 0.25) is 5.02 Å². The molecule has 0 fully saturated rings. The lowest BCUT2D eigenvalue weighted by Crippen LogP contribution is -2.47. The molecular formula is C20H23ClN2O6. The SMILES string of the molecule is COc1cc(CCNC(=O)C(C)(C)Oc2ccc(Cl)cc2)c([N+](=O)[O-])cc1OC. The van der Waals surface area contributed by atoms with Gasteiger partial charge in [-0.05, 0) is 50.6 Å². The van der Waals surface area contributed by atoms with Crippen LogP contribution < -0.4 is 19.5 Å². The van der Waals surface area contributed by atoms with E-state index in [1.165, 1.54) is 20.3 Å². The van der Waals surface area contributed by atoms with Gasteiger partial charge in [0.2, 0.25) is 0 Å². The molecule has 0 aliphatic carbocycles. The number of carbonyl (C=O) groups excluding carboxylic acids is 1. The van der Waals surface area contributed by atoms with Gasteiger partial charge in [-0.15, -0.1) is 0 Å². The van der Waals surface area contributed by atoms with Gasteiger partial charge in [0, 0.05) is 17.1 Å². The Morgan fingerprint density at radius 2 is 1.72 bits per heavy atom. The predicted molar refractivity (Wildman–Crippen MR) is 109 cm³/mol. The van der Waals surface area contributed by atoms with Gasteiger partial charge < -0.3 is 19.5 Å². The molecule has 2 aromatic rings. The number of carbonyl (C=O) groups is 1. The van der Waals surface area contributed by atoms with E-state index in [4.69, 9.17) is 25.8 Å². The third kappa shape index (κ3) is 5.74. The van der Waals surface area contributed by atoms with Crippen LogP contribution in [0, 0.1) is 10.1 Å². The Morgan fingerprint density at radius 1 is 1.14 bits per heavy atom. The van der Waals surface area contributed by atoms with Gasteiger partial charge >= 0.3 is 0 Å². The molecule has 2 rings (SSSR count). The van der Waals surface area contributed by atoms with E-state index in [9.17, 15) is 14.9 Å². The second-order valence-corrected chi connectivity index (χ2v) is 7.10. The average Bonchev–Trinajstić information content (AvgIpc) is 2.68. The zero-order valence-electron chi connectivity index (χ0n) is 16.7. The van der Waals surface area contributed by atoms with Crippen LogP contribution in [0.15, 0.2) is 36.4 Å². The lowest BCUT2D eigenvalue weighted by atomic mass is 10.1. The summed E-state index contributed by atoms with van der Waals surface area (Å²) in [4.78, 5) is 23.4. The van der Waals surface area contributed by atoms with Crippen LogP contribution in [0.3, 0.4) is 0 Å². The van der Waals surface area contributed by atoms with Crippen molar-refractivity contribution >= 4 is 23.2 Å². The van der Waals surface area contributed by atoms with Crippen LogP contribution >= 0.6 is 11.6 Å². The molecule has 0 saturated carbocycles. The fraction of sp³-hybridized carbons (Fsp3) is 0.350. The molecule has 0 aromatic heterocycles. The molecule has 0 bridgehead atoms. The molecule has 156 valence electrons. The van der Waals surface area contributed by atoms with Crippen LogP contribution in [0.5, 0.6) is 17.2 Å². The van der Waals surface area contributed by atoms with Crippen LogP contribution in [0.4, 0.5) is 5.69 Å². The number of nitro benzene ring substituents is 1. The zero-order valence-corrected chi connectivity index (χ0v) is 17.4. The molecule has 8 nitrogen and oxygen atoms in total. The van der Waals surface area contributed by atoms with E-state index in [1.54, 1.807) is 44.2 Å². The van der Waals surface area contributed by atoms with Gasteiger partial charge in [0.1, 0.15) is 5.75 Å². The molecule has 0 aliphatic rings. The second-order valence-electron chi connectivity index (χ2n) is 6.67. The summed E-state index contributed by atoms with van der Waals surface area (Å²) >= 11 is 5.85. The summed E-state index contributed by atoms with van der Waals surface area (Å²) in [7, 11) is 2.86. The minimum atomic E-state index is -1.14. The number of hydrogen-bond acceptors (Lipinski definition) is 6. The Hall–Kier alpha value is -3.00. The number of ether oxygens (including phenoxy) is 3. The van der Waals surface area contributed by atoms with Crippen LogP contribution in [0.25, 0.3) is 0 Å². The summed E-state index contributed by atoms with van der Waals surface area (Å²) in [5, 5.41) is 14.7. The van der Waals surface area contributed by atoms with Crippen LogP contribution in [-0.2, 0) is 11.2 Å².